The molecule has 0 radical (unpaired) electrons. The first-order valence-electron chi connectivity index (χ1n) is 5.69. The SMILES string of the molecule is C[Si](C)(C)C=CCB1OCCNCCO1. The largest absolute Gasteiger partial charge is 0.460 e. The summed E-state index contributed by atoms with van der Waals surface area (Å²) in [6.45, 7) is 10.3. The molecule has 0 aromatic carbocycles. The average molecular weight is 227 g/mol. The van der Waals surface area contributed by atoms with Crippen molar-refractivity contribution in [2.24, 2.45) is 0 Å². The van der Waals surface area contributed by atoms with E-state index in [4.69, 9.17) is 9.31 Å². The van der Waals surface area contributed by atoms with Crippen molar-refractivity contribution in [3.63, 3.8) is 0 Å². The number of nitrogens with one attached hydrogen (secondary N) is 1. The zero-order chi connectivity index (χ0) is 11.1. The van der Waals surface area contributed by atoms with E-state index < -0.39 is 8.07 Å². The van der Waals surface area contributed by atoms with E-state index in [-0.39, 0.29) is 7.12 Å². The van der Waals surface area contributed by atoms with Crippen molar-refractivity contribution in [3.05, 3.63) is 11.8 Å². The van der Waals surface area contributed by atoms with Gasteiger partial charge in [-0.1, -0.05) is 31.4 Å². The van der Waals surface area contributed by atoms with Crippen LogP contribution in [-0.2, 0) is 9.31 Å². The van der Waals surface area contributed by atoms with Crippen molar-refractivity contribution in [1.82, 2.24) is 5.32 Å². The Balaban J connectivity index is 2.26. The van der Waals surface area contributed by atoms with Gasteiger partial charge in [-0.05, 0) is 6.32 Å². The minimum absolute atomic E-state index is 0.0419. The van der Waals surface area contributed by atoms with Gasteiger partial charge in [0.25, 0.3) is 0 Å². The topological polar surface area (TPSA) is 30.5 Å². The first-order valence-corrected chi connectivity index (χ1v) is 9.27. The van der Waals surface area contributed by atoms with Gasteiger partial charge in [0, 0.05) is 26.3 Å². The van der Waals surface area contributed by atoms with E-state index in [1.807, 2.05) is 0 Å². The minimum atomic E-state index is -1.07. The first-order chi connectivity index (χ1) is 7.08. The van der Waals surface area contributed by atoms with E-state index in [0.717, 1.165) is 32.6 Å². The maximum Gasteiger partial charge on any atom is 0.460 e. The molecule has 0 unspecified atom stereocenters. The van der Waals surface area contributed by atoms with Crippen LogP contribution in [-0.4, -0.2) is 41.5 Å². The van der Waals surface area contributed by atoms with Gasteiger partial charge >= 0.3 is 7.12 Å². The van der Waals surface area contributed by atoms with E-state index in [9.17, 15) is 0 Å². The highest BCUT2D eigenvalue weighted by Gasteiger charge is 2.18. The maximum absolute atomic E-state index is 5.58. The van der Waals surface area contributed by atoms with Crippen LogP contribution in [0.3, 0.4) is 0 Å². The Hall–Kier alpha value is -0.0982. The van der Waals surface area contributed by atoms with Crippen molar-refractivity contribution in [2.75, 3.05) is 26.3 Å². The maximum atomic E-state index is 5.58. The third kappa shape index (κ3) is 6.89. The Bertz CT molecular complexity index is 198. The van der Waals surface area contributed by atoms with E-state index in [1.54, 1.807) is 0 Å². The second-order valence-corrected chi connectivity index (χ2v) is 9.99. The highest BCUT2D eigenvalue weighted by molar-refractivity contribution is 6.81. The number of hydrogen-bond acceptors (Lipinski definition) is 3. The predicted octanol–water partition coefficient (Wildman–Crippen LogP) is 1.54. The lowest BCUT2D eigenvalue weighted by Crippen LogP contribution is -2.35. The first kappa shape index (κ1) is 13.0. The van der Waals surface area contributed by atoms with Crippen LogP contribution < -0.4 is 5.32 Å². The highest BCUT2D eigenvalue weighted by atomic mass is 28.3. The lowest BCUT2D eigenvalue weighted by atomic mass is 9.84. The van der Waals surface area contributed by atoms with Crippen molar-refractivity contribution in [2.45, 2.75) is 26.0 Å². The van der Waals surface area contributed by atoms with Crippen LogP contribution in [0, 0.1) is 0 Å². The number of rotatable bonds is 3. The van der Waals surface area contributed by atoms with Crippen LogP contribution in [0.15, 0.2) is 11.8 Å². The molecule has 1 rings (SSSR count). The molecule has 1 aliphatic heterocycles. The Morgan fingerprint density at radius 1 is 1.20 bits per heavy atom. The molecular formula is C10H22BNO2Si. The molecule has 0 spiro atoms. The van der Waals surface area contributed by atoms with Crippen LogP contribution in [0.25, 0.3) is 0 Å². The summed E-state index contributed by atoms with van der Waals surface area (Å²) in [6.07, 6.45) is 3.09. The van der Waals surface area contributed by atoms with Gasteiger partial charge in [0.15, 0.2) is 0 Å². The molecule has 0 saturated carbocycles. The van der Waals surface area contributed by atoms with Crippen LogP contribution >= 0.6 is 0 Å². The average Bonchev–Trinajstić information content (AvgIpc) is 2.06. The van der Waals surface area contributed by atoms with Crippen molar-refractivity contribution in [3.8, 4) is 0 Å². The molecule has 5 heteroatoms. The van der Waals surface area contributed by atoms with Crippen LogP contribution in [0.1, 0.15) is 0 Å². The van der Waals surface area contributed by atoms with Gasteiger partial charge in [-0.2, -0.15) is 0 Å². The second-order valence-electron chi connectivity index (χ2n) is 4.93. The molecule has 1 N–H and O–H groups in total. The van der Waals surface area contributed by atoms with Crippen molar-refractivity contribution >= 4 is 15.2 Å². The molecule has 3 nitrogen and oxygen atoms in total. The fraction of sp³-hybridized carbons (Fsp3) is 0.800. The van der Waals surface area contributed by atoms with Gasteiger partial charge in [0.2, 0.25) is 0 Å². The summed E-state index contributed by atoms with van der Waals surface area (Å²) in [6, 6.07) is 0. The molecule has 0 atom stereocenters. The van der Waals surface area contributed by atoms with E-state index in [2.05, 4.69) is 36.7 Å². The predicted molar refractivity (Wildman–Crippen MR) is 67.8 cm³/mol. The molecule has 1 fully saturated rings. The summed E-state index contributed by atoms with van der Waals surface area (Å²) in [7, 11) is -1.11. The normalized spacial score (nSPS) is 20.3. The zero-order valence-corrected chi connectivity index (χ0v) is 11.1. The van der Waals surface area contributed by atoms with Gasteiger partial charge in [-0.25, -0.2) is 0 Å². The van der Waals surface area contributed by atoms with Crippen LogP contribution in [0.5, 0.6) is 0 Å². The van der Waals surface area contributed by atoms with E-state index >= 15 is 0 Å². The monoisotopic (exact) mass is 227 g/mol. The summed E-state index contributed by atoms with van der Waals surface area (Å²) < 4.78 is 11.2. The molecule has 86 valence electrons. The van der Waals surface area contributed by atoms with E-state index in [1.165, 1.54) is 0 Å². The summed E-state index contributed by atoms with van der Waals surface area (Å²) in [5, 5.41) is 3.23. The molecule has 0 aromatic heterocycles. The van der Waals surface area contributed by atoms with Crippen LogP contribution in [0.2, 0.25) is 26.0 Å². The third-order valence-electron chi connectivity index (χ3n) is 2.11. The number of hydrogen-bond donors (Lipinski definition) is 1. The molecule has 0 amide bonds. The summed E-state index contributed by atoms with van der Waals surface area (Å²) in [4.78, 5) is 0. The molecule has 1 heterocycles. The Kier molecular flexibility index (Phi) is 5.60. The minimum Gasteiger partial charge on any atom is -0.410 e. The summed E-state index contributed by atoms with van der Waals surface area (Å²) >= 11 is 0. The van der Waals surface area contributed by atoms with Gasteiger partial charge < -0.3 is 14.6 Å². The van der Waals surface area contributed by atoms with Crippen molar-refractivity contribution < 1.29 is 9.31 Å². The highest BCUT2D eigenvalue weighted by Crippen LogP contribution is 2.06. The molecular weight excluding hydrogens is 205 g/mol. The van der Waals surface area contributed by atoms with Gasteiger partial charge in [0.1, 0.15) is 0 Å². The quantitative estimate of drug-likeness (QED) is 0.742. The summed E-state index contributed by atoms with van der Waals surface area (Å²) in [5.74, 6) is 0. The lowest BCUT2D eigenvalue weighted by molar-refractivity contribution is 0.179. The molecule has 0 aromatic rings. The molecule has 1 saturated heterocycles. The Labute approximate surface area is 94.4 Å². The summed E-state index contributed by atoms with van der Waals surface area (Å²) in [5.41, 5.74) is 2.34. The van der Waals surface area contributed by atoms with Crippen molar-refractivity contribution in [1.29, 1.82) is 0 Å². The third-order valence-corrected chi connectivity index (χ3v) is 3.35. The molecule has 15 heavy (non-hydrogen) atoms. The van der Waals surface area contributed by atoms with Gasteiger partial charge in [-0.3, -0.25) is 0 Å². The fourth-order valence-electron chi connectivity index (χ4n) is 1.37. The Morgan fingerprint density at radius 3 is 2.33 bits per heavy atom. The van der Waals surface area contributed by atoms with Gasteiger partial charge in [-0.15, -0.1) is 0 Å². The smallest absolute Gasteiger partial charge is 0.410 e. The molecule has 1 aliphatic rings. The van der Waals surface area contributed by atoms with E-state index in [0.29, 0.717) is 0 Å². The molecule has 0 aliphatic carbocycles. The zero-order valence-electron chi connectivity index (χ0n) is 10.1. The number of allylic oxidation sites excluding steroid dienone is 1. The second kappa shape index (κ2) is 6.48. The molecule has 0 bridgehead atoms. The lowest BCUT2D eigenvalue weighted by Gasteiger charge is -2.17. The fourth-order valence-corrected chi connectivity index (χ4v) is 2.21. The van der Waals surface area contributed by atoms with Gasteiger partial charge in [0.05, 0.1) is 8.07 Å². The Morgan fingerprint density at radius 2 is 1.80 bits per heavy atom. The standard InChI is InChI=1S/C10H22BNO2Si/c1-15(2,3)10-4-5-11-13-8-6-12-7-9-14-11/h4,10,12H,5-9H2,1-3H3. The van der Waals surface area contributed by atoms with Crippen LogP contribution in [0.4, 0.5) is 0 Å².